The van der Waals surface area contributed by atoms with Crippen LogP contribution in [0.25, 0.3) is 22.2 Å². The Morgan fingerprint density at radius 3 is 3.10 bits per heavy atom. The van der Waals surface area contributed by atoms with Crippen molar-refractivity contribution in [2.24, 2.45) is 0 Å². The van der Waals surface area contributed by atoms with Crippen LogP contribution in [0.5, 0.6) is 0 Å². The summed E-state index contributed by atoms with van der Waals surface area (Å²) in [6.07, 6.45) is 4.11. The first-order chi connectivity index (χ1) is 9.83. The number of aromatic nitrogens is 4. The van der Waals surface area contributed by atoms with E-state index in [1.807, 2.05) is 0 Å². The van der Waals surface area contributed by atoms with Crippen LogP contribution < -0.4 is 5.32 Å². The number of imidazole rings is 1. The predicted octanol–water partition coefficient (Wildman–Crippen LogP) is 2.69. The molecule has 1 aliphatic rings. The van der Waals surface area contributed by atoms with Gasteiger partial charge in [-0.1, -0.05) is 6.07 Å². The van der Waals surface area contributed by atoms with Gasteiger partial charge in [-0.15, -0.1) is 0 Å². The van der Waals surface area contributed by atoms with Gasteiger partial charge >= 0.3 is 0 Å². The molecule has 20 heavy (non-hydrogen) atoms. The Bertz CT molecular complexity index is 749. The minimum absolute atomic E-state index is 0.368. The lowest BCUT2D eigenvalue weighted by Gasteiger charge is -2.10. The molecule has 3 heterocycles. The van der Waals surface area contributed by atoms with Crippen LogP contribution >= 0.6 is 0 Å². The summed E-state index contributed by atoms with van der Waals surface area (Å²) in [5.41, 5.74) is 6.73. The molecule has 0 aliphatic carbocycles. The molecule has 0 saturated carbocycles. The van der Waals surface area contributed by atoms with Gasteiger partial charge in [-0.05, 0) is 44.0 Å². The number of hydrogen-bond donors (Lipinski definition) is 3. The molecule has 3 N–H and O–H groups in total. The van der Waals surface area contributed by atoms with E-state index >= 15 is 0 Å². The third kappa shape index (κ3) is 1.74. The van der Waals surface area contributed by atoms with Gasteiger partial charge in [0.25, 0.3) is 0 Å². The van der Waals surface area contributed by atoms with Gasteiger partial charge in [0.15, 0.2) is 0 Å². The minimum Gasteiger partial charge on any atom is -0.345 e. The Kier molecular flexibility index (Phi) is 2.60. The van der Waals surface area contributed by atoms with Crippen LogP contribution in [0, 0.1) is 6.92 Å². The van der Waals surface area contributed by atoms with Crippen molar-refractivity contribution in [3.05, 3.63) is 35.9 Å². The largest absolute Gasteiger partial charge is 0.345 e. The second-order valence-corrected chi connectivity index (χ2v) is 5.39. The highest BCUT2D eigenvalue weighted by Gasteiger charge is 2.24. The fourth-order valence-corrected chi connectivity index (χ4v) is 3.07. The van der Waals surface area contributed by atoms with Gasteiger partial charge < -0.3 is 10.3 Å². The molecule has 1 aromatic carbocycles. The second-order valence-electron chi connectivity index (χ2n) is 5.39. The van der Waals surface area contributed by atoms with Crippen molar-refractivity contribution in [2.45, 2.75) is 25.8 Å². The number of nitrogens with one attached hydrogen (secondary N) is 3. The van der Waals surface area contributed by atoms with Gasteiger partial charge in [0.05, 0.1) is 29.1 Å². The maximum absolute atomic E-state index is 4.53. The van der Waals surface area contributed by atoms with Crippen molar-refractivity contribution < 1.29 is 0 Å². The number of H-pyrrole nitrogens is 2. The van der Waals surface area contributed by atoms with E-state index in [1.165, 1.54) is 17.5 Å². The second kappa shape index (κ2) is 4.45. The van der Waals surface area contributed by atoms with Crippen molar-refractivity contribution >= 4 is 11.0 Å². The molecule has 5 heteroatoms. The lowest BCUT2D eigenvalue weighted by Crippen LogP contribution is -2.14. The molecular formula is C15H17N5. The Labute approximate surface area is 116 Å². The fraction of sp³-hybridized carbons (Fsp3) is 0.333. The third-order valence-corrected chi connectivity index (χ3v) is 4.07. The molecule has 0 bridgehead atoms. The number of aromatic amines is 2. The van der Waals surface area contributed by atoms with Crippen molar-refractivity contribution in [3.8, 4) is 11.1 Å². The molecule has 1 aliphatic heterocycles. The van der Waals surface area contributed by atoms with E-state index in [-0.39, 0.29) is 0 Å². The van der Waals surface area contributed by atoms with Crippen molar-refractivity contribution in [2.75, 3.05) is 6.54 Å². The van der Waals surface area contributed by atoms with Gasteiger partial charge in [0.2, 0.25) is 0 Å². The summed E-state index contributed by atoms with van der Waals surface area (Å²) in [6.45, 7) is 3.16. The molecule has 3 aromatic rings. The maximum atomic E-state index is 4.53. The van der Waals surface area contributed by atoms with Crippen LogP contribution in [0.4, 0.5) is 0 Å². The average Bonchev–Trinajstić information content (AvgIpc) is 3.17. The van der Waals surface area contributed by atoms with Gasteiger partial charge in [0, 0.05) is 11.3 Å². The monoisotopic (exact) mass is 267 g/mol. The Hall–Kier alpha value is -2.14. The molecule has 4 rings (SSSR count). The van der Waals surface area contributed by atoms with Crippen LogP contribution in [0.15, 0.2) is 24.5 Å². The zero-order chi connectivity index (χ0) is 13.5. The quantitative estimate of drug-likeness (QED) is 0.668. The highest BCUT2D eigenvalue weighted by atomic mass is 15.1. The normalized spacial score (nSPS) is 18.9. The molecule has 1 saturated heterocycles. The molecular weight excluding hydrogens is 250 g/mol. The van der Waals surface area contributed by atoms with E-state index < -0.39 is 0 Å². The number of nitrogens with zero attached hydrogens (tertiary/aromatic N) is 2. The Morgan fingerprint density at radius 2 is 2.25 bits per heavy atom. The van der Waals surface area contributed by atoms with Gasteiger partial charge in [-0.2, -0.15) is 5.10 Å². The Balaban J connectivity index is 1.85. The summed E-state index contributed by atoms with van der Waals surface area (Å²) in [4.78, 5) is 7.45. The van der Waals surface area contributed by atoms with E-state index in [0.29, 0.717) is 6.04 Å². The highest BCUT2D eigenvalue weighted by molar-refractivity contribution is 5.82. The van der Waals surface area contributed by atoms with Crippen molar-refractivity contribution in [1.29, 1.82) is 0 Å². The smallest absolute Gasteiger partial charge is 0.0931 e. The fourth-order valence-electron chi connectivity index (χ4n) is 3.07. The number of benzene rings is 1. The zero-order valence-electron chi connectivity index (χ0n) is 11.4. The average molecular weight is 267 g/mol. The molecule has 2 aromatic heterocycles. The van der Waals surface area contributed by atoms with E-state index in [9.17, 15) is 0 Å². The molecule has 0 amide bonds. The minimum atomic E-state index is 0.368. The van der Waals surface area contributed by atoms with Crippen molar-refractivity contribution in [1.82, 2.24) is 25.5 Å². The van der Waals surface area contributed by atoms with Crippen LogP contribution in [0.2, 0.25) is 0 Å². The van der Waals surface area contributed by atoms with E-state index in [2.05, 4.69) is 50.6 Å². The predicted molar refractivity (Wildman–Crippen MR) is 78.4 cm³/mol. The highest BCUT2D eigenvalue weighted by Crippen LogP contribution is 2.34. The number of rotatable bonds is 2. The lowest BCUT2D eigenvalue weighted by molar-refractivity contribution is 0.626. The molecule has 5 nitrogen and oxygen atoms in total. The summed E-state index contributed by atoms with van der Waals surface area (Å²) in [5.74, 6) is 0. The molecule has 0 spiro atoms. The van der Waals surface area contributed by atoms with E-state index in [1.54, 1.807) is 6.33 Å². The molecule has 102 valence electrons. The van der Waals surface area contributed by atoms with Gasteiger partial charge in [0.1, 0.15) is 0 Å². The SMILES string of the molecule is Cc1[nH]nc(C2CCCN2)c1-c1ccc2nc[nH]c2c1. The number of fused-ring (bicyclic) bond motifs is 1. The molecule has 0 radical (unpaired) electrons. The van der Waals surface area contributed by atoms with Crippen LogP contribution in [-0.2, 0) is 0 Å². The Morgan fingerprint density at radius 1 is 1.30 bits per heavy atom. The first-order valence-electron chi connectivity index (χ1n) is 7.04. The van der Waals surface area contributed by atoms with E-state index in [0.717, 1.165) is 35.4 Å². The lowest BCUT2D eigenvalue weighted by atomic mass is 9.98. The topological polar surface area (TPSA) is 69.4 Å². The molecule has 1 atom stereocenters. The van der Waals surface area contributed by atoms with Gasteiger partial charge in [-0.25, -0.2) is 4.98 Å². The summed E-state index contributed by atoms with van der Waals surface area (Å²) in [7, 11) is 0. The maximum Gasteiger partial charge on any atom is 0.0931 e. The summed E-state index contributed by atoms with van der Waals surface area (Å²) in [6, 6.07) is 6.70. The summed E-state index contributed by atoms with van der Waals surface area (Å²) >= 11 is 0. The summed E-state index contributed by atoms with van der Waals surface area (Å²) in [5, 5.41) is 11.2. The first-order valence-corrected chi connectivity index (χ1v) is 7.04. The molecule has 1 unspecified atom stereocenters. The van der Waals surface area contributed by atoms with E-state index in [4.69, 9.17) is 0 Å². The van der Waals surface area contributed by atoms with Crippen LogP contribution in [-0.4, -0.2) is 26.7 Å². The first kappa shape index (κ1) is 11.7. The molecule has 1 fully saturated rings. The number of hydrogen-bond acceptors (Lipinski definition) is 3. The standard InChI is InChI=1S/C15H17N5/c1-9-14(15(20-19-9)12-3-2-6-16-12)10-4-5-11-13(7-10)18-8-17-11/h4-5,7-8,12,16H,2-3,6H2,1H3,(H,17,18)(H,19,20). The third-order valence-electron chi connectivity index (χ3n) is 4.07. The summed E-state index contributed by atoms with van der Waals surface area (Å²) < 4.78 is 0. The van der Waals surface area contributed by atoms with Crippen LogP contribution in [0.3, 0.4) is 0 Å². The van der Waals surface area contributed by atoms with Gasteiger partial charge in [-0.3, -0.25) is 5.10 Å². The van der Waals surface area contributed by atoms with Crippen LogP contribution in [0.1, 0.15) is 30.3 Å². The van der Waals surface area contributed by atoms with Crippen molar-refractivity contribution in [3.63, 3.8) is 0 Å². The zero-order valence-corrected chi connectivity index (χ0v) is 11.4. The number of aryl methyl sites for hydroxylation is 1.